The number of likely N-dealkylation sites (tertiary alicyclic amines) is 1. The van der Waals surface area contributed by atoms with Crippen LogP contribution in [0.2, 0.25) is 0 Å². The van der Waals surface area contributed by atoms with Gasteiger partial charge in [0.25, 0.3) is 0 Å². The normalized spacial score (nSPS) is 15.8. The van der Waals surface area contributed by atoms with Gasteiger partial charge in [0.1, 0.15) is 0 Å². The molecule has 0 aliphatic carbocycles. The molecule has 2 amide bonds. The zero-order valence-electron chi connectivity index (χ0n) is 16.1. The average Bonchev–Trinajstić information content (AvgIpc) is 2.56. The van der Waals surface area contributed by atoms with E-state index in [0.29, 0.717) is 19.1 Å². The lowest BCUT2D eigenvalue weighted by Gasteiger charge is -2.34. The summed E-state index contributed by atoms with van der Waals surface area (Å²) >= 11 is 0. The molecule has 0 unspecified atom stereocenters. The lowest BCUT2D eigenvalue weighted by Crippen LogP contribution is -2.51. The second kappa shape index (κ2) is 12.3. The maximum atomic E-state index is 12.0. The van der Waals surface area contributed by atoms with Gasteiger partial charge in [-0.2, -0.15) is 0 Å². The molecule has 8 heteroatoms. The molecule has 0 aromatic rings. The van der Waals surface area contributed by atoms with E-state index in [1.54, 1.807) is 7.05 Å². The van der Waals surface area contributed by atoms with Crippen LogP contribution in [-0.2, 0) is 9.59 Å². The maximum Gasteiger partial charge on any atom is 0.225 e. The molecule has 0 aromatic heterocycles. The number of hydrogen-bond acceptors (Lipinski definition) is 3. The zero-order valence-corrected chi connectivity index (χ0v) is 18.4. The molecule has 0 spiro atoms. The van der Waals surface area contributed by atoms with Gasteiger partial charge < -0.3 is 20.9 Å². The van der Waals surface area contributed by atoms with Crippen molar-refractivity contribution in [1.29, 1.82) is 0 Å². The largest absolute Gasteiger partial charge is 0.355 e. The first kappa shape index (κ1) is 23.9. The van der Waals surface area contributed by atoms with Crippen LogP contribution in [0.15, 0.2) is 4.99 Å². The molecular formula is C17H34IN5O2. The molecule has 1 rings (SSSR count). The minimum absolute atomic E-state index is 0. The Morgan fingerprint density at radius 3 is 2.08 bits per heavy atom. The predicted molar refractivity (Wildman–Crippen MR) is 112 cm³/mol. The highest BCUT2D eigenvalue weighted by Crippen LogP contribution is 2.13. The van der Waals surface area contributed by atoms with E-state index in [2.05, 4.69) is 20.9 Å². The molecule has 25 heavy (non-hydrogen) atoms. The van der Waals surface area contributed by atoms with Crippen LogP contribution in [0.5, 0.6) is 0 Å². The van der Waals surface area contributed by atoms with E-state index in [-0.39, 0.29) is 47.6 Å². The number of halogens is 1. The van der Waals surface area contributed by atoms with E-state index < -0.39 is 0 Å². The Hall–Kier alpha value is -1.06. The Kier molecular flexibility index (Phi) is 11.8. The van der Waals surface area contributed by atoms with Gasteiger partial charge in [0, 0.05) is 51.1 Å². The van der Waals surface area contributed by atoms with Crippen molar-refractivity contribution in [1.82, 2.24) is 20.9 Å². The summed E-state index contributed by atoms with van der Waals surface area (Å²) in [5.41, 5.74) is 0. The van der Waals surface area contributed by atoms with Gasteiger partial charge in [-0.05, 0) is 12.8 Å². The van der Waals surface area contributed by atoms with E-state index in [9.17, 15) is 9.59 Å². The van der Waals surface area contributed by atoms with Crippen LogP contribution < -0.4 is 16.0 Å². The van der Waals surface area contributed by atoms with Crippen molar-refractivity contribution < 1.29 is 9.59 Å². The zero-order chi connectivity index (χ0) is 18.1. The Bertz CT molecular complexity index is 446. The fraction of sp³-hybridized carbons (Fsp3) is 0.824. The van der Waals surface area contributed by atoms with E-state index in [0.717, 1.165) is 31.9 Å². The quantitative estimate of drug-likeness (QED) is 0.237. The van der Waals surface area contributed by atoms with Gasteiger partial charge in [0.15, 0.2) is 5.96 Å². The lowest BCUT2D eigenvalue weighted by molar-refractivity contribution is -0.135. The minimum atomic E-state index is 0. The van der Waals surface area contributed by atoms with Crippen molar-refractivity contribution >= 4 is 41.8 Å². The third-order valence-electron chi connectivity index (χ3n) is 4.11. The third-order valence-corrected chi connectivity index (χ3v) is 4.11. The second-order valence-corrected chi connectivity index (χ2v) is 6.84. The Balaban J connectivity index is 0.00000576. The van der Waals surface area contributed by atoms with Crippen molar-refractivity contribution in [3.05, 3.63) is 0 Å². The number of nitrogens with one attached hydrogen (secondary N) is 3. The van der Waals surface area contributed by atoms with Gasteiger partial charge in [0.05, 0.1) is 0 Å². The molecular weight excluding hydrogens is 433 g/mol. The molecule has 1 aliphatic rings. The van der Waals surface area contributed by atoms with Crippen LogP contribution in [0.1, 0.15) is 40.5 Å². The summed E-state index contributed by atoms with van der Waals surface area (Å²) in [4.78, 5) is 29.6. The average molecular weight is 467 g/mol. The summed E-state index contributed by atoms with van der Waals surface area (Å²) in [6.07, 6.45) is 1.84. The van der Waals surface area contributed by atoms with E-state index in [1.165, 1.54) is 0 Å². The fourth-order valence-corrected chi connectivity index (χ4v) is 2.57. The van der Waals surface area contributed by atoms with Crippen molar-refractivity contribution in [2.24, 2.45) is 16.8 Å². The Morgan fingerprint density at radius 2 is 1.60 bits per heavy atom. The molecule has 1 fully saturated rings. The van der Waals surface area contributed by atoms with E-state index in [1.807, 2.05) is 32.6 Å². The first-order valence-corrected chi connectivity index (χ1v) is 8.88. The summed E-state index contributed by atoms with van der Waals surface area (Å²) in [7, 11) is 1.74. The second-order valence-electron chi connectivity index (χ2n) is 6.84. The van der Waals surface area contributed by atoms with Gasteiger partial charge in [-0.1, -0.05) is 27.7 Å². The van der Waals surface area contributed by atoms with Crippen LogP contribution >= 0.6 is 24.0 Å². The number of rotatable bonds is 6. The topological polar surface area (TPSA) is 85.8 Å². The van der Waals surface area contributed by atoms with Gasteiger partial charge in [-0.15, -0.1) is 24.0 Å². The summed E-state index contributed by atoms with van der Waals surface area (Å²) in [6, 6.07) is 0.317. The van der Waals surface area contributed by atoms with Crippen molar-refractivity contribution in [2.45, 2.75) is 46.6 Å². The molecule has 0 saturated carbocycles. The SMILES string of the molecule is CN=C(NCCNC(=O)C(C)C)NC1CCN(C(=O)C(C)C)CC1.I. The van der Waals surface area contributed by atoms with Gasteiger partial charge >= 0.3 is 0 Å². The van der Waals surface area contributed by atoms with Gasteiger partial charge in [-0.3, -0.25) is 14.6 Å². The minimum Gasteiger partial charge on any atom is -0.355 e. The van der Waals surface area contributed by atoms with E-state index in [4.69, 9.17) is 0 Å². The molecule has 1 saturated heterocycles. The number of amides is 2. The lowest BCUT2D eigenvalue weighted by atomic mass is 10.0. The molecule has 0 aromatic carbocycles. The molecule has 3 N–H and O–H groups in total. The highest BCUT2D eigenvalue weighted by atomic mass is 127. The van der Waals surface area contributed by atoms with Crippen molar-refractivity contribution in [2.75, 3.05) is 33.2 Å². The molecule has 0 bridgehead atoms. The summed E-state index contributed by atoms with van der Waals surface area (Å²) < 4.78 is 0. The van der Waals surface area contributed by atoms with Crippen LogP contribution in [0, 0.1) is 11.8 Å². The molecule has 0 atom stereocenters. The summed E-state index contributed by atoms with van der Waals surface area (Å²) in [5, 5.41) is 9.47. The van der Waals surface area contributed by atoms with Crippen LogP contribution in [0.25, 0.3) is 0 Å². The third kappa shape index (κ3) is 8.73. The Labute approximate surface area is 168 Å². The highest BCUT2D eigenvalue weighted by molar-refractivity contribution is 14.0. The van der Waals surface area contributed by atoms with Gasteiger partial charge in [0.2, 0.25) is 11.8 Å². The number of hydrogen-bond donors (Lipinski definition) is 3. The summed E-state index contributed by atoms with van der Waals surface area (Å²) in [5.74, 6) is 1.09. The van der Waals surface area contributed by atoms with Crippen LogP contribution in [0.3, 0.4) is 0 Å². The standard InChI is InChI=1S/C17H33N5O2.HI/c1-12(2)15(23)19-8-9-20-17(18-5)21-14-6-10-22(11-7-14)16(24)13(3)4;/h12-14H,6-11H2,1-5H3,(H,19,23)(H2,18,20,21);1H. The first-order valence-electron chi connectivity index (χ1n) is 8.88. The molecule has 7 nitrogen and oxygen atoms in total. The monoisotopic (exact) mass is 467 g/mol. The first-order chi connectivity index (χ1) is 11.3. The molecule has 0 radical (unpaired) electrons. The number of aliphatic imine (C=N–C) groups is 1. The van der Waals surface area contributed by atoms with Crippen molar-refractivity contribution in [3.63, 3.8) is 0 Å². The smallest absolute Gasteiger partial charge is 0.225 e. The number of piperidine rings is 1. The van der Waals surface area contributed by atoms with Crippen LogP contribution in [-0.4, -0.2) is 61.9 Å². The van der Waals surface area contributed by atoms with E-state index >= 15 is 0 Å². The number of nitrogens with zero attached hydrogens (tertiary/aromatic N) is 2. The number of carbonyl (C=O) groups excluding carboxylic acids is 2. The molecule has 1 heterocycles. The van der Waals surface area contributed by atoms with Crippen molar-refractivity contribution in [3.8, 4) is 0 Å². The maximum absolute atomic E-state index is 12.0. The summed E-state index contributed by atoms with van der Waals surface area (Å²) in [6.45, 7) is 10.4. The Morgan fingerprint density at radius 1 is 1.04 bits per heavy atom. The number of carbonyl (C=O) groups is 2. The van der Waals surface area contributed by atoms with Crippen LogP contribution in [0.4, 0.5) is 0 Å². The highest BCUT2D eigenvalue weighted by Gasteiger charge is 2.24. The van der Waals surface area contributed by atoms with Gasteiger partial charge in [-0.25, -0.2) is 0 Å². The fourth-order valence-electron chi connectivity index (χ4n) is 2.57. The predicted octanol–water partition coefficient (Wildman–Crippen LogP) is 1.19. The molecule has 1 aliphatic heterocycles. The number of guanidine groups is 1. The molecule has 146 valence electrons.